The van der Waals surface area contributed by atoms with Crippen molar-refractivity contribution in [3.8, 4) is 0 Å². The van der Waals surface area contributed by atoms with Crippen molar-refractivity contribution in [2.24, 2.45) is 0 Å². The Morgan fingerprint density at radius 1 is 1.21 bits per heavy atom. The van der Waals surface area contributed by atoms with E-state index >= 15 is 0 Å². The molecular formula is C24H37F2N4O9+. The van der Waals surface area contributed by atoms with Crippen molar-refractivity contribution >= 4 is 23.7 Å². The molecule has 1 saturated heterocycles. The van der Waals surface area contributed by atoms with Gasteiger partial charge in [-0.05, 0) is 18.9 Å². The molecule has 4 N–H and O–H groups in total. The molecule has 0 aromatic carbocycles. The summed E-state index contributed by atoms with van der Waals surface area (Å²) in [7, 11) is 5.61. The van der Waals surface area contributed by atoms with Gasteiger partial charge in [-0.15, -0.1) is 0 Å². The van der Waals surface area contributed by atoms with Gasteiger partial charge in [-0.3, -0.25) is 19.0 Å². The van der Waals surface area contributed by atoms with E-state index in [4.69, 9.17) is 19.7 Å². The topological polar surface area (TPSA) is 177 Å². The fourth-order valence-electron chi connectivity index (χ4n) is 4.09. The Balaban J connectivity index is 1.73. The molecule has 1 amide bonds. The lowest BCUT2D eigenvalue weighted by molar-refractivity contribution is -0.873. The number of quaternary nitrogens is 1. The lowest BCUT2D eigenvalue weighted by Crippen LogP contribution is -2.43. The van der Waals surface area contributed by atoms with Gasteiger partial charge in [-0.25, -0.2) is 4.79 Å². The van der Waals surface area contributed by atoms with Crippen molar-refractivity contribution in [1.82, 2.24) is 9.55 Å². The summed E-state index contributed by atoms with van der Waals surface area (Å²) >= 11 is 0. The number of aliphatic hydroxyl groups is 2. The Morgan fingerprint density at radius 3 is 2.38 bits per heavy atom. The number of carbonyl (C=O) groups excluding carboxylic acids is 2. The quantitative estimate of drug-likeness (QED) is 0.133. The Morgan fingerprint density at radius 2 is 1.85 bits per heavy atom. The third-order valence-electron chi connectivity index (χ3n) is 5.90. The summed E-state index contributed by atoms with van der Waals surface area (Å²) < 4.78 is 39.7. The summed E-state index contributed by atoms with van der Waals surface area (Å²) in [5.41, 5.74) is -1.14. The Bertz CT molecular complexity index is 1060. The smallest absolute Gasteiger partial charge is 0.351 e. The number of likely N-dealkylation sites (N-methyl/N-ethyl adjacent to an activating group) is 1. The number of rotatable bonds is 15. The van der Waals surface area contributed by atoms with Crippen LogP contribution in [0.15, 0.2) is 17.1 Å². The number of carboxylic acids is 1. The van der Waals surface area contributed by atoms with Crippen molar-refractivity contribution in [3.63, 3.8) is 0 Å². The highest BCUT2D eigenvalue weighted by Crippen LogP contribution is 2.41. The van der Waals surface area contributed by atoms with Crippen LogP contribution < -0.4 is 11.0 Å². The summed E-state index contributed by atoms with van der Waals surface area (Å²) in [6.07, 6.45) is -3.62. The van der Waals surface area contributed by atoms with E-state index < -0.39 is 60.6 Å². The van der Waals surface area contributed by atoms with Crippen LogP contribution in [0.3, 0.4) is 0 Å². The second-order valence-corrected chi connectivity index (χ2v) is 10.5. The van der Waals surface area contributed by atoms with E-state index in [-0.39, 0.29) is 25.1 Å². The molecule has 1 fully saturated rings. The number of anilines is 1. The number of aliphatic carboxylic acids is 1. The fraction of sp³-hybridized carbons (Fsp3) is 0.708. The van der Waals surface area contributed by atoms with Crippen LogP contribution in [-0.4, -0.2) is 106 Å². The van der Waals surface area contributed by atoms with Gasteiger partial charge in [-0.2, -0.15) is 13.8 Å². The minimum absolute atomic E-state index is 0.0908. The zero-order chi connectivity index (χ0) is 29.4. The zero-order valence-electron chi connectivity index (χ0n) is 22.2. The van der Waals surface area contributed by atoms with Gasteiger partial charge in [0.1, 0.15) is 18.5 Å². The number of amides is 1. The van der Waals surface area contributed by atoms with Gasteiger partial charge in [0.15, 0.2) is 12.2 Å². The number of hydrogen-bond acceptors (Lipinski definition) is 9. The Kier molecular flexibility index (Phi) is 11.5. The van der Waals surface area contributed by atoms with E-state index in [1.54, 1.807) is 0 Å². The second kappa shape index (κ2) is 13.9. The molecule has 1 aromatic rings. The summed E-state index contributed by atoms with van der Waals surface area (Å²) in [4.78, 5) is 51.1. The van der Waals surface area contributed by atoms with E-state index in [1.165, 1.54) is 0 Å². The lowest BCUT2D eigenvalue weighted by Gasteiger charge is -2.28. The van der Waals surface area contributed by atoms with E-state index in [0.717, 1.165) is 12.3 Å². The van der Waals surface area contributed by atoms with Crippen molar-refractivity contribution in [2.45, 2.75) is 75.4 Å². The number of hydrogen-bond donors (Lipinski definition) is 4. The number of halogens is 2. The third kappa shape index (κ3) is 9.91. The van der Waals surface area contributed by atoms with Crippen molar-refractivity contribution in [3.05, 3.63) is 22.7 Å². The highest BCUT2D eigenvalue weighted by Gasteiger charge is 2.59. The fourth-order valence-corrected chi connectivity index (χ4v) is 4.09. The number of alkyl halides is 2. The summed E-state index contributed by atoms with van der Waals surface area (Å²) in [6, 6.07) is 1.14. The zero-order valence-corrected chi connectivity index (χ0v) is 22.2. The molecule has 0 aliphatic carbocycles. The maximum absolute atomic E-state index is 14.3. The van der Waals surface area contributed by atoms with Crippen LogP contribution in [0.5, 0.6) is 0 Å². The van der Waals surface area contributed by atoms with E-state index in [0.29, 0.717) is 41.3 Å². The first-order chi connectivity index (χ1) is 18.1. The average molecular weight is 564 g/mol. The minimum Gasteiger partial charge on any atom is -0.481 e. The standard InChI is InChI=1S/C24H36F2N4O9/c1-30(2,3)13-15(12-19(33)34)38-20(35)9-7-5-4-6-8-18(32)27-17-10-11-29(23(37)28-17)22-24(25,26)21(36)16(14-31)39-22/h10-11,15-16,21-22,31,36H,4-9,12-14H2,1-3H3,(H-,27,28,32,33,34,37)/p+1/t15?,16-,21-,22-/m1/s1. The first kappa shape index (κ1) is 32.2. The normalized spacial score (nSPS) is 21.4. The monoisotopic (exact) mass is 563 g/mol. The minimum atomic E-state index is -3.84. The number of esters is 1. The predicted molar refractivity (Wildman–Crippen MR) is 132 cm³/mol. The summed E-state index contributed by atoms with van der Waals surface area (Å²) in [5, 5.41) is 30.1. The van der Waals surface area contributed by atoms with Crippen LogP contribution in [0.25, 0.3) is 0 Å². The van der Waals surface area contributed by atoms with E-state index in [2.05, 4.69) is 10.3 Å². The number of aliphatic hydroxyl groups excluding tert-OH is 2. The molecule has 1 unspecified atom stereocenters. The molecule has 0 bridgehead atoms. The van der Waals surface area contributed by atoms with Crippen LogP contribution in [0.4, 0.5) is 14.6 Å². The molecule has 4 atom stereocenters. The molecule has 0 saturated carbocycles. The van der Waals surface area contributed by atoms with Gasteiger partial charge in [0, 0.05) is 19.0 Å². The van der Waals surface area contributed by atoms with Crippen molar-refractivity contribution in [1.29, 1.82) is 0 Å². The molecular weight excluding hydrogens is 526 g/mol. The Hall–Kier alpha value is -3.01. The van der Waals surface area contributed by atoms with Gasteiger partial charge in [0.05, 0.1) is 34.2 Å². The first-order valence-corrected chi connectivity index (χ1v) is 12.6. The number of carboxylic acid groups (broad SMARTS) is 1. The van der Waals surface area contributed by atoms with Gasteiger partial charge >= 0.3 is 23.6 Å². The van der Waals surface area contributed by atoms with Crippen molar-refractivity contribution in [2.75, 3.05) is 39.6 Å². The molecule has 2 rings (SSSR count). The molecule has 1 aliphatic rings. The molecule has 1 aliphatic heterocycles. The second-order valence-electron chi connectivity index (χ2n) is 10.5. The van der Waals surface area contributed by atoms with E-state index in [9.17, 15) is 33.1 Å². The van der Waals surface area contributed by atoms with Gasteiger partial charge in [0.2, 0.25) is 12.1 Å². The molecule has 2 heterocycles. The summed E-state index contributed by atoms with van der Waals surface area (Å²) in [5.74, 6) is -5.96. The lowest BCUT2D eigenvalue weighted by atomic mass is 10.1. The van der Waals surface area contributed by atoms with Crippen LogP contribution in [0.2, 0.25) is 0 Å². The summed E-state index contributed by atoms with van der Waals surface area (Å²) in [6.45, 7) is -0.497. The van der Waals surface area contributed by atoms with Crippen LogP contribution in [0.1, 0.15) is 51.2 Å². The number of nitrogens with one attached hydrogen (secondary N) is 1. The van der Waals surface area contributed by atoms with Gasteiger partial charge < -0.3 is 34.6 Å². The van der Waals surface area contributed by atoms with Gasteiger partial charge in [-0.1, -0.05) is 12.8 Å². The van der Waals surface area contributed by atoms with Crippen molar-refractivity contribution < 1.29 is 52.4 Å². The van der Waals surface area contributed by atoms with E-state index in [1.807, 2.05) is 21.1 Å². The maximum atomic E-state index is 14.3. The number of unbranched alkanes of at least 4 members (excludes halogenated alkanes) is 3. The number of nitrogens with zero attached hydrogens (tertiary/aromatic N) is 3. The molecule has 0 radical (unpaired) electrons. The molecule has 1 aromatic heterocycles. The molecule has 0 spiro atoms. The highest BCUT2D eigenvalue weighted by molar-refractivity contribution is 5.89. The largest absolute Gasteiger partial charge is 0.481 e. The van der Waals surface area contributed by atoms with Crippen LogP contribution in [0, 0.1) is 0 Å². The SMILES string of the molecule is C[N+](C)(C)CC(CC(=O)O)OC(=O)CCCCCCC(=O)Nc1ccn([C@@H]2O[C@H](CO)[C@@H](O)C2(F)F)c(=O)n1. The number of carbonyl (C=O) groups is 3. The third-order valence-corrected chi connectivity index (χ3v) is 5.90. The maximum Gasteiger partial charge on any atom is 0.351 e. The molecule has 13 nitrogen and oxygen atoms in total. The predicted octanol–water partition coefficient (Wildman–Crippen LogP) is 0.501. The highest BCUT2D eigenvalue weighted by atomic mass is 19.3. The van der Waals surface area contributed by atoms with Crippen LogP contribution in [-0.2, 0) is 23.9 Å². The van der Waals surface area contributed by atoms with Crippen LogP contribution >= 0.6 is 0 Å². The average Bonchev–Trinajstić information content (AvgIpc) is 3.03. The van der Waals surface area contributed by atoms with Gasteiger partial charge in [0.25, 0.3) is 0 Å². The molecule has 220 valence electrons. The molecule has 39 heavy (non-hydrogen) atoms. The number of aromatic nitrogens is 2. The first-order valence-electron chi connectivity index (χ1n) is 12.6. The molecule has 15 heteroatoms. The Labute approximate surface area is 223 Å². The number of ether oxygens (including phenoxy) is 2.